The maximum atomic E-state index is 11.4. The van der Waals surface area contributed by atoms with Crippen molar-refractivity contribution in [1.82, 2.24) is 9.80 Å². The molecule has 2 heterocycles. The second-order valence-corrected chi connectivity index (χ2v) is 4.91. The molecule has 19 heavy (non-hydrogen) atoms. The van der Waals surface area contributed by atoms with Crippen LogP contribution in [0.1, 0.15) is 0 Å². The summed E-state index contributed by atoms with van der Waals surface area (Å²) in [5, 5.41) is 13.3. The van der Waals surface area contributed by atoms with Gasteiger partial charge in [0.2, 0.25) is 5.03 Å². The van der Waals surface area contributed by atoms with Gasteiger partial charge in [0, 0.05) is 12.1 Å². The third-order valence-electron chi connectivity index (χ3n) is 2.13. The first-order chi connectivity index (χ1) is 8.68. The highest BCUT2D eigenvalue weighted by Crippen LogP contribution is 2.15. The lowest BCUT2D eigenvalue weighted by Gasteiger charge is -2.39. The summed E-state index contributed by atoms with van der Waals surface area (Å²) in [6, 6.07) is 5.47. The van der Waals surface area contributed by atoms with Gasteiger partial charge in [0.05, 0.1) is 11.8 Å². The van der Waals surface area contributed by atoms with Crippen LogP contribution in [-0.4, -0.2) is 42.9 Å². The van der Waals surface area contributed by atoms with Crippen molar-refractivity contribution in [3.05, 3.63) is 29.6 Å². The molecule has 0 radical (unpaired) electrons. The largest absolute Gasteiger partial charge is 0.673 e. The zero-order valence-electron chi connectivity index (χ0n) is 10.3. The second kappa shape index (κ2) is 6.35. The van der Waals surface area contributed by atoms with Crippen molar-refractivity contribution >= 4 is 23.7 Å². The molecule has 0 unspecified atom stereocenters. The minimum atomic E-state index is -6.00. The Morgan fingerprint density at radius 2 is 1.74 bits per heavy atom. The van der Waals surface area contributed by atoms with E-state index >= 15 is 0 Å². The zero-order valence-corrected chi connectivity index (χ0v) is 11.2. The third-order valence-corrected chi connectivity index (χ3v) is 3.58. The Kier molecular flexibility index (Phi) is 5.33. The monoisotopic (exact) mass is 298 g/mol. The van der Waals surface area contributed by atoms with Crippen LogP contribution in [0.3, 0.4) is 0 Å². The Morgan fingerprint density at radius 1 is 1.21 bits per heavy atom. The molecule has 0 aliphatic carbocycles. The molecule has 1 aromatic heterocycles. The van der Waals surface area contributed by atoms with Crippen LogP contribution in [0.25, 0.3) is 0 Å². The molecule has 2 rings (SSSR count). The van der Waals surface area contributed by atoms with Crippen molar-refractivity contribution in [1.29, 1.82) is 0 Å². The SMILES string of the molecule is CN1CN(C)C1=[SH]c1cccc[n+]1[O-].F[B-](F)(F)F. The van der Waals surface area contributed by atoms with E-state index in [1.54, 1.807) is 6.07 Å². The van der Waals surface area contributed by atoms with Crippen LogP contribution in [0.5, 0.6) is 0 Å². The van der Waals surface area contributed by atoms with Gasteiger partial charge in [-0.05, 0) is 20.2 Å². The van der Waals surface area contributed by atoms with Crippen molar-refractivity contribution in [2.45, 2.75) is 5.03 Å². The number of halogens is 4. The number of rotatable bonds is 1. The molecule has 1 aliphatic rings. The number of thiol groups is 1. The molecule has 0 spiro atoms. The van der Waals surface area contributed by atoms with Crippen molar-refractivity contribution in [3.8, 4) is 0 Å². The molecular weight excluding hydrogens is 285 g/mol. The number of hydrogen-bond donors (Lipinski definition) is 1. The van der Waals surface area contributed by atoms with E-state index in [1.807, 2.05) is 26.2 Å². The molecule has 108 valence electrons. The first-order valence-corrected chi connectivity index (χ1v) is 6.14. The lowest BCUT2D eigenvalue weighted by molar-refractivity contribution is -0.645. The van der Waals surface area contributed by atoms with Crippen molar-refractivity contribution < 1.29 is 22.0 Å². The number of pyridine rings is 1. The summed E-state index contributed by atoms with van der Waals surface area (Å²) in [5.74, 6) is 0. The molecule has 0 bridgehead atoms. The van der Waals surface area contributed by atoms with E-state index in [0.717, 1.165) is 27.8 Å². The van der Waals surface area contributed by atoms with E-state index in [0.29, 0.717) is 0 Å². The smallest absolute Gasteiger partial charge is 0.618 e. The van der Waals surface area contributed by atoms with Gasteiger partial charge in [-0.25, -0.2) is 9.80 Å². The van der Waals surface area contributed by atoms with Gasteiger partial charge in [-0.2, -0.15) is 4.73 Å². The van der Waals surface area contributed by atoms with Gasteiger partial charge < -0.3 is 22.5 Å². The van der Waals surface area contributed by atoms with E-state index in [-0.39, 0.29) is 0 Å². The number of aromatic nitrogens is 1. The lowest BCUT2D eigenvalue weighted by Crippen LogP contribution is -2.55. The fourth-order valence-electron chi connectivity index (χ4n) is 1.44. The molecule has 0 amide bonds. The Hall–Kier alpha value is -1.13. The average molecular weight is 298 g/mol. The standard InChI is InChI=1S/C9H13N3OS.BF4/c1-10-7-11(2)9(10)14-8-5-3-4-6-12(8)13;2-1(3,4)5/h3-6,14H,7H2,1-2H3;/q;-1. The fourth-order valence-corrected chi connectivity index (χ4v) is 2.44. The summed E-state index contributed by atoms with van der Waals surface area (Å²) < 4.78 is 39.9. The molecule has 4 nitrogen and oxygen atoms in total. The topological polar surface area (TPSA) is 33.4 Å². The van der Waals surface area contributed by atoms with Gasteiger partial charge in [0.25, 0.3) is 0 Å². The van der Waals surface area contributed by atoms with E-state index in [4.69, 9.17) is 0 Å². The van der Waals surface area contributed by atoms with Crippen LogP contribution in [0, 0.1) is 5.21 Å². The third kappa shape index (κ3) is 5.58. The molecule has 1 aliphatic heterocycles. The van der Waals surface area contributed by atoms with Crippen molar-refractivity contribution in [2.24, 2.45) is 0 Å². The molecule has 0 N–H and O–H groups in total. The lowest BCUT2D eigenvalue weighted by atomic mass is 10.3. The maximum absolute atomic E-state index is 11.4. The molecule has 10 heteroatoms. The summed E-state index contributed by atoms with van der Waals surface area (Å²) in [6.45, 7) is 0.939. The average Bonchev–Trinajstić information content (AvgIpc) is 2.26. The molecule has 0 saturated carbocycles. The van der Waals surface area contributed by atoms with E-state index in [9.17, 15) is 22.5 Å². The van der Waals surface area contributed by atoms with Crippen LogP contribution in [0.15, 0.2) is 29.4 Å². The highest BCUT2D eigenvalue weighted by molar-refractivity contribution is 7.98. The summed E-state index contributed by atoms with van der Waals surface area (Å²) in [5.41, 5.74) is 0. The summed E-state index contributed by atoms with van der Waals surface area (Å²) in [6.07, 6.45) is 1.53. The Bertz CT molecular complexity index is 455. The summed E-state index contributed by atoms with van der Waals surface area (Å²) >= 11 is 0.968. The number of nitrogens with zero attached hydrogens (tertiary/aromatic N) is 3. The first-order valence-electron chi connectivity index (χ1n) is 5.25. The Balaban J connectivity index is 0.000000312. The van der Waals surface area contributed by atoms with E-state index in [1.165, 1.54) is 11.3 Å². The summed E-state index contributed by atoms with van der Waals surface area (Å²) in [4.78, 5) is 4.27. The molecule has 1 saturated heterocycles. The van der Waals surface area contributed by atoms with Gasteiger partial charge in [-0.15, -0.1) is 0 Å². The van der Waals surface area contributed by atoms with Crippen molar-refractivity contribution in [2.75, 3.05) is 20.8 Å². The Labute approximate surface area is 111 Å². The normalized spacial score (nSPS) is 16.6. The molecule has 1 aromatic rings. The highest BCUT2D eigenvalue weighted by atomic mass is 32.1. The molecule has 1 fully saturated rings. The first kappa shape index (κ1) is 15.9. The minimum Gasteiger partial charge on any atom is -0.618 e. The maximum Gasteiger partial charge on any atom is 0.673 e. The van der Waals surface area contributed by atoms with Crippen LogP contribution in [-0.2, 0) is 0 Å². The van der Waals surface area contributed by atoms with Gasteiger partial charge in [-0.3, -0.25) is 0 Å². The quantitative estimate of drug-likeness (QED) is 0.212. The Morgan fingerprint density at radius 3 is 2.16 bits per heavy atom. The predicted octanol–water partition coefficient (Wildman–Crippen LogP) is 1.37. The van der Waals surface area contributed by atoms with Crippen LogP contribution >= 0.6 is 11.4 Å². The van der Waals surface area contributed by atoms with Crippen LogP contribution in [0.4, 0.5) is 17.3 Å². The predicted molar refractivity (Wildman–Crippen MR) is 68.2 cm³/mol. The fraction of sp³-hybridized carbons (Fsp3) is 0.333. The van der Waals surface area contributed by atoms with Crippen LogP contribution < -0.4 is 4.73 Å². The second-order valence-electron chi connectivity index (χ2n) is 3.83. The van der Waals surface area contributed by atoms with Crippen LogP contribution in [0.2, 0.25) is 0 Å². The van der Waals surface area contributed by atoms with Gasteiger partial charge in [0.15, 0.2) is 6.20 Å². The highest BCUT2D eigenvalue weighted by Gasteiger charge is 2.24. The van der Waals surface area contributed by atoms with E-state index in [2.05, 4.69) is 9.80 Å². The molecule has 0 atom stereocenters. The van der Waals surface area contributed by atoms with Gasteiger partial charge in [-0.1, -0.05) is 11.4 Å². The molecular formula is C9H13BF4N3OS-. The van der Waals surface area contributed by atoms with Gasteiger partial charge >= 0.3 is 7.25 Å². The minimum absolute atomic E-state index is 0.765. The summed E-state index contributed by atoms with van der Waals surface area (Å²) in [7, 11) is -1.94. The van der Waals surface area contributed by atoms with E-state index < -0.39 is 7.25 Å². The molecule has 0 aromatic carbocycles. The zero-order chi connectivity index (χ0) is 14.6. The van der Waals surface area contributed by atoms with Crippen molar-refractivity contribution in [3.63, 3.8) is 0 Å². The number of hydrogen-bond acceptors (Lipinski definition) is 1. The van der Waals surface area contributed by atoms with Gasteiger partial charge in [0.1, 0.15) is 0 Å².